The molecule has 1 aromatic heterocycles. The number of hydrogen-bond acceptors (Lipinski definition) is 4. The summed E-state index contributed by atoms with van der Waals surface area (Å²) in [6, 6.07) is 3.25. The van der Waals surface area contributed by atoms with Gasteiger partial charge in [0, 0.05) is 23.4 Å². The van der Waals surface area contributed by atoms with E-state index in [1.165, 1.54) is 4.88 Å². The van der Waals surface area contributed by atoms with Gasteiger partial charge in [-0.25, -0.2) is 0 Å². The molecule has 1 aromatic rings. The van der Waals surface area contributed by atoms with Crippen molar-refractivity contribution >= 4 is 17.3 Å². The number of ether oxygens (including phenoxy) is 1. The van der Waals surface area contributed by atoms with Crippen molar-refractivity contribution in [1.82, 2.24) is 5.32 Å². The highest BCUT2D eigenvalue weighted by atomic mass is 32.1. The summed E-state index contributed by atoms with van der Waals surface area (Å²) in [5, 5.41) is 12.2. The first-order chi connectivity index (χ1) is 8.36. The number of carboxylic acids is 1. The van der Waals surface area contributed by atoms with Gasteiger partial charge in [0.25, 0.3) is 0 Å². The zero-order chi connectivity index (χ0) is 13.8. The summed E-state index contributed by atoms with van der Waals surface area (Å²) in [6.45, 7) is 7.39. The molecule has 18 heavy (non-hydrogen) atoms. The zero-order valence-electron chi connectivity index (χ0n) is 11.3. The third-order valence-corrected chi connectivity index (χ3v) is 4.13. The Morgan fingerprint density at radius 1 is 1.50 bits per heavy atom. The average Bonchev–Trinajstić information content (AvgIpc) is 2.72. The zero-order valence-corrected chi connectivity index (χ0v) is 12.1. The van der Waals surface area contributed by atoms with Gasteiger partial charge in [-0.3, -0.25) is 10.1 Å². The first-order valence-electron chi connectivity index (χ1n) is 5.91. The minimum atomic E-state index is -0.853. The maximum Gasteiger partial charge on any atom is 0.326 e. The molecule has 1 rings (SSSR count). The van der Waals surface area contributed by atoms with Crippen LogP contribution in [0.3, 0.4) is 0 Å². The second-order valence-electron chi connectivity index (χ2n) is 5.17. The van der Waals surface area contributed by atoms with E-state index in [9.17, 15) is 9.90 Å². The van der Waals surface area contributed by atoms with Crippen molar-refractivity contribution in [1.29, 1.82) is 0 Å². The molecule has 0 saturated heterocycles. The lowest BCUT2D eigenvalue weighted by Crippen LogP contribution is -2.30. The van der Waals surface area contributed by atoms with E-state index >= 15 is 0 Å². The SMILES string of the molecule is COCCNC(C(=O)O)c1ccc(C(C)(C)C)s1. The first-order valence-corrected chi connectivity index (χ1v) is 6.73. The fourth-order valence-electron chi connectivity index (χ4n) is 1.53. The normalized spacial score (nSPS) is 13.6. The third-order valence-electron chi connectivity index (χ3n) is 2.55. The highest BCUT2D eigenvalue weighted by Gasteiger charge is 2.23. The molecule has 1 heterocycles. The van der Waals surface area contributed by atoms with Crippen molar-refractivity contribution in [2.45, 2.75) is 32.2 Å². The molecule has 0 fully saturated rings. The third kappa shape index (κ3) is 4.08. The van der Waals surface area contributed by atoms with Crippen LogP contribution in [0.4, 0.5) is 0 Å². The highest BCUT2D eigenvalue weighted by Crippen LogP contribution is 2.32. The maximum atomic E-state index is 11.3. The summed E-state index contributed by atoms with van der Waals surface area (Å²) in [5.41, 5.74) is 0.0541. The first kappa shape index (κ1) is 15.1. The van der Waals surface area contributed by atoms with Gasteiger partial charge in [0.2, 0.25) is 0 Å². The van der Waals surface area contributed by atoms with Crippen LogP contribution in [-0.2, 0) is 14.9 Å². The van der Waals surface area contributed by atoms with Crippen LogP contribution in [0.5, 0.6) is 0 Å². The Morgan fingerprint density at radius 3 is 2.61 bits per heavy atom. The molecule has 0 bridgehead atoms. The molecule has 0 aliphatic heterocycles. The molecule has 0 amide bonds. The van der Waals surface area contributed by atoms with Gasteiger partial charge in [-0.05, 0) is 17.5 Å². The van der Waals surface area contributed by atoms with Gasteiger partial charge < -0.3 is 9.84 Å². The Hall–Kier alpha value is -0.910. The van der Waals surface area contributed by atoms with Crippen LogP contribution in [0.2, 0.25) is 0 Å². The second-order valence-corrected chi connectivity index (χ2v) is 6.29. The number of aliphatic carboxylic acids is 1. The predicted octanol–water partition coefficient (Wildman–Crippen LogP) is 2.41. The molecule has 0 saturated carbocycles. The number of methoxy groups -OCH3 is 1. The summed E-state index contributed by atoms with van der Waals surface area (Å²) in [6.07, 6.45) is 0. The van der Waals surface area contributed by atoms with Crippen molar-refractivity contribution in [3.63, 3.8) is 0 Å². The van der Waals surface area contributed by atoms with Gasteiger partial charge >= 0.3 is 5.97 Å². The fourth-order valence-corrected chi connectivity index (χ4v) is 2.66. The van der Waals surface area contributed by atoms with Crippen LogP contribution in [-0.4, -0.2) is 31.3 Å². The summed E-state index contributed by atoms with van der Waals surface area (Å²) in [5.74, 6) is -0.853. The molecule has 0 aromatic carbocycles. The number of hydrogen-bond donors (Lipinski definition) is 2. The second kappa shape index (κ2) is 6.31. The highest BCUT2D eigenvalue weighted by molar-refractivity contribution is 7.12. The average molecular weight is 271 g/mol. The van der Waals surface area contributed by atoms with Gasteiger partial charge in [-0.2, -0.15) is 0 Å². The molecule has 0 spiro atoms. The minimum Gasteiger partial charge on any atom is -0.480 e. The molecule has 5 heteroatoms. The molecule has 1 unspecified atom stereocenters. The van der Waals surface area contributed by atoms with Gasteiger partial charge in [0.1, 0.15) is 6.04 Å². The lowest BCUT2D eigenvalue weighted by atomic mass is 9.95. The van der Waals surface area contributed by atoms with Crippen molar-refractivity contribution in [2.24, 2.45) is 0 Å². The van der Waals surface area contributed by atoms with Crippen molar-refractivity contribution in [3.8, 4) is 0 Å². The molecule has 0 radical (unpaired) electrons. The quantitative estimate of drug-likeness (QED) is 0.780. The van der Waals surface area contributed by atoms with E-state index < -0.39 is 12.0 Å². The largest absolute Gasteiger partial charge is 0.480 e. The van der Waals surface area contributed by atoms with Crippen LogP contribution in [0.15, 0.2) is 12.1 Å². The standard InChI is InChI=1S/C13H21NO3S/c1-13(2,3)10-6-5-9(18-10)11(12(15)16)14-7-8-17-4/h5-6,11,14H,7-8H2,1-4H3,(H,15,16). The van der Waals surface area contributed by atoms with Crippen molar-refractivity contribution in [2.75, 3.05) is 20.3 Å². The Balaban J connectivity index is 2.80. The van der Waals surface area contributed by atoms with Gasteiger partial charge in [-0.15, -0.1) is 11.3 Å². The van der Waals surface area contributed by atoms with Gasteiger partial charge in [0.15, 0.2) is 0 Å². The Bertz CT molecular complexity index is 395. The Labute approximate surface area is 112 Å². The lowest BCUT2D eigenvalue weighted by molar-refractivity contribution is -0.139. The van der Waals surface area contributed by atoms with Gasteiger partial charge in [-0.1, -0.05) is 20.8 Å². The minimum absolute atomic E-state index is 0.0541. The van der Waals surface area contributed by atoms with Crippen LogP contribution in [0, 0.1) is 0 Å². The summed E-state index contributed by atoms with van der Waals surface area (Å²) < 4.78 is 4.92. The van der Waals surface area contributed by atoms with Crippen LogP contribution < -0.4 is 5.32 Å². The maximum absolute atomic E-state index is 11.3. The number of rotatable bonds is 6. The molecular weight excluding hydrogens is 250 g/mol. The van der Waals surface area contributed by atoms with E-state index in [-0.39, 0.29) is 5.41 Å². The van der Waals surface area contributed by atoms with Crippen molar-refractivity contribution < 1.29 is 14.6 Å². The van der Waals surface area contributed by atoms with E-state index in [4.69, 9.17) is 4.74 Å². The fraction of sp³-hybridized carbons (Fsp3) is 0.615. The van der Waals surface area contributed by atoms with Crippen molar-refractivity contribution in [3.05, 3.63) is 21.9 Å². The van der Waals surface area contributed by atoms with E-state index in [1.54, 1.807) is 18.4 Å². The predicted molar refractivity (Wildman–Crippen MR) is 73.3 cm³/mol. The summed E-state index contributed by atoms with van der Waals surface area (Å²) >= 11 is 1.55. The summed E-state index contributed by atoms with van der Waals surface area (Å²) in [7, 11) is 1.60. The number of thiophene rings is 1. The van der Waals surface area contributed by atoms with Crippen LogP contribution in [0.25, 0.3) is 0 Å². The Morgan fingerprint density at radius 2 is 2.17 bits per heavy atom. The lowest BCUT2D eigenvalue weighted by Gasteiger charge is -2.16. The summed E-state index contributed by atoms with van der Waals surface area (Å²) in [4.78, 5) is 13.3. The molecule has 2 N–H and O–H groups in total. The number of carbonyl (C=O) groups is 1. The van der Waals surface area contributed by atoms with E-state index in [2.05, 4.69) is 26.1 Å². The molecule has 0 aliphatic carbocycles. The Kier molecular flexibility index (Phi) is 5.31. The molecule has 4 nitrogen and oxygen atoms in total. The van der Waals surface area contributed by atoms with E-state index in [0.29, 0.717) is 13.2 Å². The van der Waals surface area contributed by atoms with Crippen LogP contribution >= 0.6 is 11.3 Å². The number of carboxylic acid groups (broad SMARTS) is 1. The molecule has 0 aliphatic rings. The van der Waals surface area contributed by atoms with E-state index in [1.807, 2.05) is 12.1 Å². The molecule has 102 valence electrons. The van der Waals surface area contributed by atoms with E-state index in [0.717, 1.165) is 4.88 Å². The van der Waals surface area contributed by atoms with Crippen LogP contribution in [0.1, 0.15) is 36.6 Å². The molecular formula is C13H21NO3S. The smallest absolute Gasteiger partial charge is 0.326 e. The number of nitrogens with one attached hydrogen (secondary N) is 1. The topological polar surface area (TPSA) is 58.6 Å². The van der Waals surface area contributed by atoms with Gasteiger partial charge in [0.05, 0.1) is 6.61 Å². The molecule has 1 atom stereocenters. The monoisotopic (exact) mass is 271 g/mol.